The van der Waals surface area contributed by atoms with Crippen LogP contribution in [0.2, 0.25) is 0 Å². The smallest absolute Gasteiger partial charge is 0.221 e. The van der Waals surface area contributed by atoms with Crippen LogP contribution in [0.25, 0.3) is 0 Å². The number of amides is 1. The quantitative estimate of drug-likeness (QED) is 0.764. The van der Waals surface area contributed by atoms with E-state index in [-0.39, 0.29) is 5.91 Å². The van der Waals surface area contributed by atoms with E-state index in [1.807, 2.05) is 24.3 Å². The Balaban J connectivity index is 1.86. The molecule has 98 valence electrons. The normalized spacial score (nSPS) is 19.3. The van der Waals surface area contributed by atoms with Crippen molar-refractivity contribution in [2.24, 2.45) is 0 Å². The number of piperidine rings is 1. The molecule has 1 unspecified atom stereocenters. The highest BCUT2D eigenvalue weighted by atomic mass is 16.1. The molecule has 4 heteroatoms. The number of hydrogen-bond donors (Lipinski definition) is 3. The van der Waals surface area contributed by atoms with E-state index in [9.17, 15) is 4.79 Å². The monoisotopic (exact) mass is 247 g/mol. The van der Waals surface area contributed by atoms with Crippen molar-refractivity contribution in [3.05, 3.63) is 24.3 Å². The number of carbonyl (C=O) groups excluding carboxylic acids is 1. The lowest BCUT2D eigenvalue weighted by molar-refractivity contribution is -0.114. The molecule has 1 heterocycles. The van der Waals surface area contributed by atoms with Crippen molar-refractivity contribution >= 4 is 17.3 Å². The van der Waals surface area contributed by atoms with E-state index >= 15 is 0 Å². The molecule has 4 nitrogen and oxygen atoms in total. The Hall–Kier alpha value is -1.55. The molecule has 0 aliphatic carbocycles. The second-order valence-electron chi connectivity index (χ2n) is 4.79. The van der Waals surface area contributed by atoms with Gasteiger partial charge in [-0.2, -0.15) is 0 Å². The standard InChI is InChI=1S/C14H21N3O/c1-11(18)17-13-7-4-6-12(9-13)16-10-14-5-2-3-8-15-14/h4,6-7,9,14-16H,2-3,5,8,10H2,1H3,(H,17,18). The molecule has 3 N–H and O–H groups in total. The van der Waals surface area contributed by atoms with E-state index in [0.717, 1.165) is 24.5 Å². The first-order chi connectivity index (χ1) is 8.74. The van der Waals surface area contributed by atoms with Gasteiger partial charge in [-0.05, 0) is 37.6 Å². The first-order valence-electron chi connectivity index (χ1n) is 6.59. The lowest BCUT2D eigenvalue weighted by Crippen LogP contribution is -2.39. The Morgan fingerprint density at radius 1 is 1.39 bits per heavy atom. The molecule has 1 aliphatic rings. The summed E-state index contributed by atoms with van der Waals surface area (Å²) in [5, 5.41) is 9.71. The van der Waals surface area contributed by atoms with Crippen molar-refractivity contribution in [2.75, 3.05) is 23.7 Å². The molecule has 1 aromatic carbocycles. The Labute approximate surface area is 108 Å². The van der Waals surface area contributed by atoms with Gasteiger partial charge >= 0.3 is 0 Å². The highest BCUT2D eigenvalue weighted by Gasteiger charge is 2.11. The van der Waals surface area contributed by atoms with Crippen molar-refractivity contribution in [1.82, 2.24) is 5.32 Å². The van der Waals surface area contributed by atoms with Gasteiger partial charge in [0.25, 0.3) is 0 Å². The predicted octanol–water partition coefficient (Wildman–Crippen LogP) is 2.20. The Morgan fingerprint density at radius 3 is 2.94 bits per heavy atom. The summed E-state index contributed by atoms with van der Waals surface area (Å²) in [6, 6.07) is 8.38. The Bertz CT molecular complexity index is 400. The lowest BCUT2D eigenvalue weighted by Gasteiger charge is -2.24. The van der Waals surface area contributed by atoms with Gasteiger partial charge in [-0.3, -0.25) is 4.79 Å². The molecule has 1 fully saturated rings. The Kier molecular flexibility index (Phi) is 4.59. The summed E-state index contributed by atoms with van der Waals surface area (Å²) >= 11 is 0. The van der Waals surface area contributed by atoms with E-state index < -0.39 is 0 Å². The fraction of sp³-hybridized carbons (Fsp3) is 0.500. The van der Waals surface area contributed by atoms with Crippen LogP contribution in [0.3, 0.4) is 0 Å². The molecule has 1 aromatic rings. The van der Waals surface area contributed by atoms with Crippen molar-refractivity contribution in [1.29, 1.82) is 0 Å². The minimum absolute atomic E-state index is 0.0407. The fourth-order valence-electron chi connectivity index (χ4n) is 2.25. The van der Waals surface area contributed by atoms with E-state index in [0.29, 0.717) is 6.04 Å². The first kappa shape index (κ1) is 12.9. The van der Waals surface area contributed by atoms with Crippen LogP contribution in [0.5, 0.6) is 0 Å². The van der Waals surface area contributed by atoms with Crippen LogP contribution in [0.1, 0.15) is 26.2 Å². The molecule has 0 spiro atoms. The Morgan fingerprint density at radius 2 is 2.22 bits per heavy atom. The minimum atomic E-state index is -0.0407. The predicted molar refractivity (Wildman–Crippen MR) is 74.9 cm³/mol. The average Bonchev–Trinajstić information content (AvgIpc) is 2.37. The summed E-state index contributed by atoms with van der Waals surface area (Å²) in [5.74, 6) is -0.0407. The second-order valence-corrected chi connectivity index (χ2v) is 4.79. The summed E-state index contributed by atoms with van der Waals surface area (Å²) in [6.45, 7) is 3.58. The maximum absolute atomic E-state index is 11.0. The molecule has 1 saturated heterocycles. The van der Waals surface area contributed by atoms with Crippen LogP contribution in [-0.4, -0.2) is 25.0 Å². The van der Waals surface area contributed by atoms with Gasteiger partial charge in [0.05, 0.1) is 0 Å². The average molecular weight is 247 g/mol. The van der Waals surface area contributed by atoms with Crippen LogP contribution in [-0.2, 0) is 4.79 Å². The maximum atomic E-state index is 11.0. The summed E-state index contributed by atoms with van der Waals surface area (Å²) < 4.78 is 0. The van der Waals surface area contributed by atoms with Crippen molar-refractivity contribution in [2.45, 2.75) is 32.2 Å². The van der Waals surface area contributed by atoms with Gasteiger partial charge in [0.2, 0.25) is 5.91 Å². The molecular weight excluding hydrogens is 226 g/mol. The van der Waals surface area contributed by atoms with E-state index in [1.165, 1.54) is 26.2 Å². The second kappa shape index (κ2) is 6.40. The van der Waals surface area contributed by atoms with Gasteiger partial charge in [-0.25, -0.2) is 0 Å². The molecule has 0 radical (unpaired) electrons. The summed E-state index contributed by atoms with van der Waals surface area (Å²) in [4.78, 5) is 11.0. The van der Waals surface area contributed by atoms with Gasteiger partial charge in [-0.1, -0.05) is 12.5 Å². The van der Waals surface area contributed by atoms with Gasteiger partial charge in [-0.15, -0.1) is 0 Å². The lowest BCUT2D eigenvalue weighted by atomic mass is 10.1. The highest BCUT2D eigenvalue weighted by molar-refractivity contribution is 5.89. The van der Waals surface area contributed by atoms with Crippen LogP contribution in [0.15, 0.2) is 24.3 Å². The summed E-state index contributed by atoms with van der Waals surface area (Å²) in [7, 11) is 0. The van der Waals surface area contributed by atoms with Crippen LogP contribution >= 0.6 is 0 Å². The molecule has 1 aliphatic heterocycles. The van der Waals surface area contributed by atoms with Gasteiger partial charge in [0.15, 0.2) is 0 Å². The maximum Gasteiger partial charge on any atom is 0.221 e. The molecule has 0 bridgehead atoms. The van der Waals surface area contributed by atoms with Crippen molar-refractivity contribution < 1.29 is 4.79 Å². The summed E-state index contributed by atoms with van der Waals surface area (Å²) in [5.41, 5.74) is 1.89. The third-order valence-corrected chi connectivity index (χ3v) is 3.15. The third-order valence-electron chi connectivity index (χ3n) is 3.15. The van der Waals surface area contributed by atoms with Gasteiger partial charge in [0, 0.05) is 30.9 Å². The number of anilines is 2. The number of benzene rings is 1. The number of hydrogen-bond acceptors (Lipinski definition) is 3. The van der Waals surface area contributed by atoms with E-state index in [4.69, 9.17) is 0 Å². The van der Waals surface area contributed by atoms with E-state index in [1.54, 1.807) is 0 Å². The van der Waals surface area contributed by atoms with Gasteiger partial charge in [0.1, 0.15) is 0 Å². The van der Waals surface area contributed by atoms with Gasteiger partial charge < -0.3 is 16.0 Å². The third kappa shape index (κ3) is 4.04. The van der Waals surface area contributed by atoms with Crippen LogP contribution in [0.4, 0.5) is 11.4 Å². The fourth-order valence-corrected chi connectivity index (χ4v) is 2.25. The molecule has 18 heavy (non-hydrogen) atoms. The van der Waals surface area contributed by atoms with Crippen LogP contribution in [0, 0.1) is 0 Å². The van der Waals surface area contributed by atoms with E-state index in [2.05, 4.69) is 16.0 Å². The van der Waals surface area contributed by atoms with Crippen LogP contribution < -0.4 is 16.0 Å². The zero-order chi connectivity index (χ0) is 12.8. The highest BCUT2D eigenvalue weighted by Crippen LogP contribution is 2.16. The first-order valence-corrected chi connectivity index (χ1v) is 6.59. The molecule has 1 amide bonds. The zero-order valence-corrected chi connectivity index (χ0v) is 10.8. The zero-order valence-electron chi connectivity index (χ0n) is 10.8. The SMILES string of the molecule is CC(=O)Nc1cccc(NCC2CCCCN2)c1. The van der Waals surface area contributed by atoms with Crippen molar-refractivity contribution in [3.8, 4) is 0 Å². The molecular formula is C14H21N3O. The number of carbonyl (C=O) groups is 1. The minimum Gasteiger partial charge on any atom is -0.383 e. The number of rotatable bonds is 4. The number of nitrogens with one attached hydrogen (secondary N) is 3. The molecule has 0 aromatic heterocycles. The molecule has 2 rings (SSSR count). The summed E-state index contributed by atoms with van der Waals surface area (Å²) in [6.07, 6.45) is 3.83. The molecule has 1 atom stereocenters. The van der Waals surface area contributed by atoms with Crippen molar-refractivity contribution in [3.63, 3.8) is 0 Å². The topological polar surface area (TPSA) is 53.2 Å². The molecule has 0 saturated carbocycles. The largest absolute Gasteiger partial charge is 0.383 e.